The van der Waals surface area contributed by atoms with E-state index in [0.29, 0.717) is 11.8 Å². The fraction of sp³-hybridized carbons (Fsp3) is 0.533. The highest BCUT2D eigenvalue weighted by Crippen LogP contribution is 2.24. The number of benzene rings is 1. The second-order valence-electron chi connectivity index (χ2n) is 5.42. The highest BCUT2D eigenvalue weighted by molar-refractivity contribution is 5.83. The molecule has 2 unspecified atom stereocenters. The van der Waals surface area contributed by atoms with Gasteiger partial charge in [0.15, 0.2) is 0 Å². The third-order valence-electron chi connectivity index (χ3n) is 4.07. The van der Waals surface area contributed by atoms with Crippen LogP contribution in [0, 0.1) is 11.8 Å². The van der Waals surface area contributed by atoms with E-state index in [1.54, 1.807) is 0 Å². The van der Waals surface area contributed by atoms with Crippen LogP contribution in [0.15, 0.2) is 30.3 Å². The summed E-state index contributed by atoms with van der Waals surface area (Å²) in [6.45, 7) is 6.13. The van der Waals surface area contributed by atoms with Crippen molar-refractivity contribution < 1.29 is 4.79 Å². The molecule has 0 aliphatic carbocycles. The second kappa shape index (κ2) is 5.53. The Labute approximate surface area is 109 Å². The minimum atomic E-state index is -0.521. The van der Waals surface area contributed by atoms with Crippen LogP contribution in [0.1, 0.15) is 31.9 Å². The van der Waals surface area contributed by atoms with E-state index in [4.69, 9.17) is 5.73 Å². The van der Waals surface area contributed by atoms with E-state index in [1.165, 1.54) is 0 Å². The van der Waals surface area contributed by atoms with Crippen molar-refractivity contribution in [2.24, 2.45) is 17.6 Å². The van der Waals surface area contributed by atoms with Crippen LogP contribution in [0.5, 0.6) is 0 Å². The second-order valence-corrected chi connectivity index (χ2v) is 5.42. The van der Waals surface area contributed by atoms with E-state index in [2.05, 4.69) is 13.8 Å². The maximum Gasteiger partial charge on any atom is 0.244 e. The predicted octanol–water partition coefficient (Wildman–Crippen LogP) is 2.19. The van der Waals surface area contributed by atoms with Gasteiger partial charge in [-0.05, 0) is 23.8 Å². The molecule has 98 valence electrons. The molecule has 1 aliphatic rings. The van der Waals surface area contributed by atoms with Crippen molar-refractivity contribution in [3.05, 3.63) is 35.9 Å². The summed E-state index contributed by atoms with van der Waals surface area (Å²) in [4.78, 5) is 14.3. The molecule has 1 heterocycles. The van der Waals surface area contributed by atoms with Crippen LogP contribution in [0.4, 0.5) is 0 Å². The maximum absolute atomic E-state index is 12.4. The molecule has 3 heteroatoms. The molecule has 0 aromatic heterocycles. The molecule has 1 fully saturated rings. The largest absolute Gasteiger partial charge is 0.341 e. The molecule has 0 bridgehead atoms. The van der Waals surface area contributed by atoms with Gasteiger partial charge in [-0.1, -0.05) is 44.2 Å². The Bertz CT molecular complexity index is 404. The highest BCUT2D eigenvalue weighted by atomic mass is 16.2. The molecule has 1 aromatic carbocycles. The summed E-state index contributed by atoms with van der Waals surface area (Å²) < 4.78 is 0. The number of nitrogens with two attached hydrogens (primary N) is 1. The van der Waals surface area contributed by atoms with Gasteiger partial charge in [-0.15, -0.1) is 0 Å². The standard InChI is InChI=1S/C15H22N2O/c1-11-8-9-17(10-12(11)2)15(18)14(16)13-6-4-3-5-7-13/h3-7,11-12,14H,8-10,16H2,1-2H3/t11?,12?,14-/m0/s1. The first-order chi connectivity index (χ1) is 8.59. The van der Waals surface area contributed by atoms with Crippen molar-refractivity contribution in [2.75, 3.05) is 13.1 Å². The van der Waals surface area contributed by atoms with Gasteiger partial charge in [-0.25, -0.2) is 0 Å². The molecule has 0 radical (unpaired) electrons. The number of piperidine rings is 1. The van der Waals surface area contributed by atoms with Crippen LogP contribution in [0.3, 0.4) is 0 Å². The summed E-state index contributed by atoms with van der Waals surface area (Å²) in [7, 11) is 0. The van der Waals surface area contributed by atoms with Gasteiger partial charge in [0.25, 0.3) is 0 Å². The van der Waals surface area contributed by atoms with E-state index >= 15 is 0 Å². The molecule has 1 aliphatic heterocycles. The zero-order valence-electron chi connectivity index (χ0n) is 11.2. The normalized spacial score (nSPS) is 25.8. The van der Waals surface area contributed by atoms with E-state index in [-0.39, 0.29) is 5.91 Å². The number of rotatable bonds is 2. The van der Waals surface area contributed by atoms with E-state index < -0.39 is 6.04 Å². The molecule has 2 N–H and O–H groups in total. The first-order valence-electron chi connectivity index (χ1n) is 6.69. The number of carbonyl (C=O) groups is 1. The van der Waals surface area contributed by atoms with Crippen molar-refractivity contribution in [1.29, 1.82) is 0 Å². The van der Waals surface area contributed by atoms with Crippen LogP contribution in [0.2, 0.25) is 0 Å². The lowest BCUT2D eigenvalue weighted by Gasteiger charge is -2.36. The quantitative estimate of drug-likeness (QED) is 0.869. The summed E-state index contributed by atoms with van der Waals surface area (Å²) in [5.74, 6) is 1.31. The van der Waals surface area contributed by atoms with Crippen LogP contribution in [-0.2, 0) is 4.79 Å². The van der Waals surface area contributed by atoms with E-state index in [1.807, 2.05) is 35.2 Å². The maximum atomic E-state index is 12.4. The molecular weight excluding hydrogens is 224 g/mol. The van der Waals surface area contributed by atoms with E-state index in [0.717, 1.165) is 25.1 Å². The zero-order chi connectivity index (χ0) is 13.1. The number of nitrogens with zero attached hydrogens (tertiary/aromatic N) is 1. The molecule has 1 amide bonds. The number of carbonyl (C=O) groups excluding carboxylic acids is 1. The lowest BCUT2D eigenvalue weighted by Crippen LogP contribution is -2.46. The van der Waals surface area contributed by atoms with Crippen molar-refractivity contribution in [1.82, 2.24) is 4.90 Å². The molecule has 0 spiro atoms. The van der Waals surface area contributed by atoms with E-state index in [9.17, 15) is 4.79 Å². The number of amides is 1. The molecular formula is C15H22N2O. The van der Waals surface area contributed by atoms with Crippen molar-refractivity contribution in [3.8, 4) is 0 Å². The first-order valence-corrected chi connectivity index (χ1v) is 6.69. The van der Waals surface area contributed by atoms with Crippen molar-refractivity contribution in [3.63, 3.8) is 0 Å². The summed E-state index contributed by atoms with van der Waals surface area (Å²) in [5, 5.41) is 0. The van der Waals surface area contributed by atoms with Gasteiger partial charge in [0, 0.05) is 13.1 Å². The number of hydrogen-bond acceptors (Lipinski definition) is 2. The molecule has 2 rings (SSSR count). The Hall–Kier alpha value is -1.35. The van der Waals surface area contributed by atoms with Gasteiger partial charge < -0.3 is 10.6 Å². The van der Waals surface area contributed by atoms with Crippen molar-refractivity contribution in [2.45, 2.75) is 26.3 Å². The fourth-order valence-electron chi connectivity index (χ4n) is 2.46. The minimum absolute atomic E-state index is 0.0555. The van der Waals surface area contributed by atoms with Crippen LogP contribution < -0.4 is 5.73 Å². The molecule has 1 aromatic rings. The Kier molecular flexibility index (Phi) is 4.02. The van der Waals surface area contributed by atoms with Gasteiger partial charge in [0.1, 0.15) is 6.04 Å². The molecule has 3 nitrogen and oxygen atoms in total. The SMILES string of the molecule is CC1CCN(C(=O)[C@@H](N)c2ccccc2)CC1C. The van der Waals surface area contributed by atoms with Gasteiger partial charge in [-0.3, -0.25) is 4.79 Å². The minimum Gasteiger partial charge on any atom is -0.341 e. The first kappa shape index (κ1) is 13.1. The highest BCUT2D eigenvalue weighted by Gasteiger charge is 2.29. The van der Waals surface area contributed by atoms with Crippen LogP contribution in [-0.4, -0.2) is 23.9 Å². The number of likely N-dealkylation sites (tertiary alicyclic amines) is 1. The van der Waals surface area contributed by atoms with Crippen molar-refractivity contribution >= 4 is 5.91 Å². The summed E-state index contributed by atoms with van der Waals surface area (Å²) >= 11 is 0. The summed E-state index contributed by atoms with van der Waals surface area (Å²) in [5.41, 5.74) is 6.96. The molecule has 3 atom stereocenters. The Morgan fingerprint density at radius 2 is 1.94 bits per heavy atom. The topological polar surface area (TPSA) is 46.3 Å². The average Bonchev–Trinajstić information content (AvgIpc) is 2.41. The van der Waals surface area contributed by atoms with Gasteiger partial charge >= 0.3 is 0 Å². The average molecular weight is 246 g/mol. The molecule has 1 saturated heterocycles. The lowest BCUT2D eigenvalue weighted by molar-refractivity contribution is -0.135. The summed E-state index contributed by atoms with van der Waals surface area (Å²) in [6.07, 6.45) is 1.08. The van der Waals surface area contributed by atoms with Crippen LogP contribution >= 0.6 is 0 Å². The Balaban J connectivity index is 2.03. The van der Waals surface area contributed by atoms with Gasteiger partial charge in [0.05, 0.1) is 0 Å². The third kappa shape index (κ3) is 2.72. The monoisotopic (exact) mass is 246 g/mol. The van der Waals surface area contributed by atoms with Gasteiger partial charge in [0.2, 0.25) is 5.91 Å². The lowest BCUT2D eigenvalue weighted by atomic mass is 9.88. The zero-order valence-corrected chi connectivity index (χ0v) is 11.2. The fourth-order valence-corrected chi connectivity index (χ4v) is 2.46. The number of hydrogen-bond donors (Lipinski definition) is 1. The molecule has 0 saturated carbocycles. The molecule has 18 heavy (non-hydrogen) atoms. The smallest absolute Gasteiger partial charge is 0.244 e. The predicted molar refractivity (Wildman–Crippen MR) is 72.9 cm³/mol. The Morgan fingerprint density at radius 1 is 1.28 bits per heavy atom. The summed E-state index contributed by atoms with van der Waals surface area (Å²) in [6, 6.07) is 9.08. The van der Waals surface area contributed by atoms with Crippen LogP contribution in [0.25, 0.3) is 0 Å². The third-order valence-corrected chi connectivity index (χ3v) is 4.07. The Morgan fingerprint density at radius 3 is 2.56 bits per heavy atom. The van der Waals surface area contributed by atoms with Gasteiger partial charge in [-0.2, -0.15) is 0 Å².